The van der Waals surface area contributed by atoms with Gasteiger partial charge in [0.1, 0.15) is 23.1 Å². The Bertz CT molecular complexity index is 1940. The molecule has 0 spiro atoms. The molecule has 232 valence electrons. The maximum absolute atomic E-state index is 15.2. The lowest BCUT2D eigenvalue weighted by atomic mass is 10.0. The van der Waals surface area contributed by atoms with Crippen LogP contribution >= 0.6 is 0 Å². The molecule has 3 N–H and O–H groups in total. The fourth-order valence-corrected chi connectivity index (χ4v) is 5.28. The molecule has 1 amide bonds. The number of halogens is 1. The van der Waals surface area contributed by atoms with Gasteiger partial charge in [-0.25, -0.2) is 9.07 Å². The van der Waals surface area contributed by atoms with Crippen molar-refractivity contribution < 1.29 is 28.6 Å². The second-order valence-corrected chi connectivity index (χ2v) is 10.5. The highest BCUT2D eigenvalue weighted by Crippen LogP contribution is 2.33. The molecule has 2 unspecified atom stereocenters. The number of carboxylic acid groups (broad SMARTS) is 1. The number of aliphatic carboxylic acids is 1. The van der Waals surface area contributed by atoms with Gasteiger partial charge in [0.2, 0.25) is 0 Å². The zero-order chi connectivity index (χ0) is 32.2. The zero-order valence-electron chi connectivity index (χ0n) is 25.1. The summed E-state index contributed by atoms with van der Waals surface area (Å²) in [5.41, 5.74) is 0.806. The predicted octanol–water partition coefficient (Wildman–Crippen LogP) is 5.00. The molecule has 0 bridgehead atoms. The van der Waals surface area contributed by atoms with Crippen molar-refractivity contribution in [3.8, 4) is 22.9 Å². The van der Waals surface area contributed by atoms with Crippen LogP contribution in [0.4, 0.5) is 10.1 Å². The first-order valence-corrected chi connectivity index (χ1v) is 14.1. The number of hydrogen-bond acceptors (Lipinski definition) is 7. The average Bonchev–Trinajstić information content (AvgIpc) is 3.27. The molecule has 5 aromatic rings. The summed E-state index contributed by atoms with van der Waals surface area (Å²) in [6.45, 7) is 3.48. The van der Waals surface area contributed by atoms with Gasteiger partial charge in [-0.05, 0) is 56.4 Å². The first kappa shape index (κ1) is 31.0. The summed E-state index contributed by atoms with van der Waals surface area (Å²) < 4.78 is 29.3. The molecular formula is C33H32FN5O6. The van der Waals surface area contributed by atoms with Gasteiger partial charge < -0.3 is 25.2 Å². The number of ether oxygens (including phenoxy) is 2. The predicted molar refractivity (Wildman–Crippen MR) is 167 cm³/mol. The van der Waals surface area contributed by atoms with Crippen LogP contribution in [0.1, 0.15) is 23.0 Å². The number of carboxylic acids is 1. The molecule has 2 heterocycles. The third kappa shape index (κ3) is 6.27. The standard InChI is InChI=1S/C33H32FN5O6/c1-19(30(35-3)33(42)43)18-38-20(2)29(32(41)39(38)22-8-6-5-7-9-22)31(40)37-21-10-13-28(25(34)16-21)45-27-14-15-36-26-17-23(44-4)11-12-24(26)27/h5-17,19,30,35H,18H2,1-4H3,(H,37,40)(H,42,43). The molecule has 0 aliphatic rings. The number of nitrogens with one attached hydrogen (secondary N) is 2. The molecule has 0 radical (unpaired) electrons. The van der Waals surface area contributed by atoms with Gasteiger partial charge in [-0.3, -0.25) is 24.0 Å². The largest absolute Gasteiger partial charge is 0.497 e. The van der Waals surface area contributed by atoms with Crippen LogP contribution < -0.4 is 25.7 Å². The van der Waals surface area contributed by atoms with Gasteiger partial charge in [-0.2, -0.15) is 0 Å². The minimum absolute atomic E-state index is 0.0726. The summed E-state index contributed by atoms with van der Waals surface area (Å²) in [6, 6.07) is 18.7. The quantitative estimate of drug-likeness (QED) is 0.189. The topological polar surface area (TPSA) is 137 Å². The average molecular weight is 614 g/mol. The van der Waals surface area contributed by atoms with Gasteiger partial charge in [0, 0.05) is 41.9 Å². The van der Waals surface area contributed by atoms with Gasteiger partial charge in [0.25, 0.3) is 11.5 Å². The molecule has 0 saturated carbocycles. The van der Waals surface area contributed by atoms with E-state index in [9.17, 15) is 19.5 Å². The molecule has 0 aliphatic carbocycles. The van der Waals surface area contributed by atoms with Crippen molar-refractivity contribution >= 4 is 28.5 Å². The van der Waals surface area contributed by atoms with Gasteiger partial charge in [-0.15, -0.1) is 0 Å². The highest BCUT2D eigenvalue weighted by Gasteiger charge is 2.28. The van der Waals surface area contributed by atoms with Crippen molar-refractivity contribution in [1.82, 2.24) is 19.7 Å². The minimum atomic E-state index is -1.03. The number of rotatable bonds is 11. The fraction of sp³-hybridized carbons (Fsp3) is 0.212. The Labute approximate surface area is 257 Å². The molecule has 11 nitrogen and oxygen atoms in total. The molecule has 3 aromatic carbocycles. The third-order valence-corrected chi connectivity index (χ3v) is 7.55. The Hall–Kier alpha value is -5.49. The minimum Gasteiger partial charge on any atom is -0.497 e. The molecular weight excluding hydrogens is 581 g/mol. The second kappa shape index (κ2) is 13.0. The Balaban J connectivity index is 1.43. The summed E-state index contributed by atoms with van der Waals surface area (Å²) in [7, 11) is 3.10. The van der Waals surface area contributed by atoms with E-state index in [2.05, 4.69) is 15.6 Å². The van der Waals surface area contributed by atoms with Crippen LogP contribution in [0.25, 0.3) is 16.6 Å². The van der Waals surface area contributed by atoms with Crippen LogP contribution in [-0.4, -0.2) is 51.5 Å². The maximum Gasteiger partial charge on any atom is 0.321 e. The first-order valence-electron chi connectivity index (χ1n) is 14.1. The molecule has 0 aliphatic heterocycles. The van der Waals surface area contributed by atoms with Crippen molar-refractivity contribution in [3.05, 3.63) is 106 Å². The van der Waals surface area contributed by atoms with E-state index in [1.54, 1.807) is 93.5 Å². The lowest BCUT2D eigenvalue weighted by molar-refractivity contribution is -0.140. The van der Waals surface area contributed by atoms with Crippen molar-refractivity contribution in [3.63, 3.8) is 0 Å². The zero-order valence-corrected chi connectivity index (χ0v) is 25.1. The Morgan fingerprint density at radius 2 is 1.80 bits per heavy atom. The second-order valence-electron chi connectivity index (χ2n) is 10.5. The smallest absolute Gasteiger partial charge is 0.321 e. The number of carbonyl (C=O) groups excluding carboxylic acids is 1. The summed E-state index contributed by atoms with van der Waals surface area (Å²) >= 11 is 0. The molecule has 2 aromatic heterocycles. The number of para-hydroxylation sites is 1. The lowest BCUT2D eigenvalue weighted by Gasteiger charge is -2.23. The van der Waals surface area contributed by atoms with Crippen LogP contribution in [0.3, 0.4) is 0 Å². The summed E-state index contributed by atoms with van der Waals surface area (Å²) in [5, 5.41) is 15.7. The number of aromatic nitrogens is 3. The Morgan fingerprint density at radius 3 is 2.47 bits per heavy atom. The summed E-state index contributed by atoms with van der Waals surface area (Å²) in [4.78, 5) is 43.3. The van der Waals surface area contributed by atoms with E-state index in [0.717, 1.165) is 6.07 Å². The van der Waals surface area contributed by atoms with Crippen LogP contribution in [0, 0.1) is 18.7 Å². The molecule has 0 fully saturated rings. The van der Waals surface area contributed by atoms with E-state index in [4.69, 9.17) is 9.47 Å². The number of amides is 1. The molecule has 0 saturated heterocycles. The van der Waals surface area contributed by atoms with Gasteiger partial charge in [-0.1, -0.05) is 25.1 Å². The number of hydrogen-bond donors (Lipinski definition) is 3. The van der Waals surface area contributed by atoms with Crippen LogP contribution in [0.2, 0.25) is 0 Å². The number of carbonyl (C=O) groups is 2. The van der Waals surface area contributed by atoms with Crippen molar-refractivity contribution in [1.29, 1.82) is 0 Å². The van der Waals surface area contributed by atoms with E-state index >= 15 is 4.39 Å². The number of anilines is 1. The summed E-state index contributed by atoms with van der Waals surface area (Å²) in [5.74, 6) is -2.03. The Kier molecular flexibility index (Phi) is 8.96. The number of fused-ring (bicyclic) bond motifs is 1. The highest BCUT2D eigenvalue weighted by molar-refractivity contribution is 6.05. The number of methoxy groups -OCH3 is 1. The number of pyridine rings is 1. The van der Waals surface area contributed by atoms with Crippen molar-refractivity contribution in [2.45, 2.75) is 26.4 Å². The molecule has 45 heavy (non-hydrogen) atoms. The fourth-order valence-electron chi connectivity index (χ4n) is 5.28. The normalized spacial score (nSPS) is 12.5. The van der Waals surface area contributed by atoms with Gasteiger partial charge in [0.15, 0.2) is 11.6 Å². The summed E-state index contributed by atoms with van der Waals surface area (Å²) in [6.07, 6.45) is 1.54. The van der Waals surface area contributed by atoms with E-state index in [1.807, 2.05) is 0 Å². The van der Waals surface area contributed by atoms with Crippen LogP contribution in [0.15, 0.2) is 83.8 Å². The highest BCUT2D eigenvalue weighted by atomic mass is 19.1. The number of nitrogens with zero attached hydrogens (tertiary/aromatic N) is 3. The van der Waals surface area contributed by atoms with Crippen LogP contribution in [0.5, 0.6) is 17.2 Å². The lowest BCUT2D eigenvalue weighted by Crippen LogP contribution is -2.42. The van der Waals surface area contributed by atoms with Gasteiger partial charge in [0.05, 0.1) is 24.0 Å². The monoisotopic (exact) mass is 613 g/mol. The van der Waals surface area contributed by atoms with Crippen LogP contribution in [-0.2, 0) is 11.3 Å². The third-order valence-electron chi connectivity index (χ3n) is 7.55. The number of benzene rings is 3. The number of likely N-dealkylation sites (N-methyl/N-ethyl adjacent to an activating group) is 1. The SMILES string of the molecule is CNC(C(=O)O)C(C)Cn1c(C)c(C(=O)Nc2ccc(Oc3ccnc4cc(OC)ccc34)c(F)c2)c(=O)n1-c1ccccc1. The molecule has 2 atom stereocenters. The molecule has 5 rings (SSSR count). The first-order chi connectivity index (χ1) is 21.6. The van der Waals surface area contributed by atoms with E-state index in [1.165, 1.54) is 16.8 Å². The van der Waals surface area contributed by atoms with E-state index < -0.39 is 35.2 Å². The van der Waals surface area contributed by atoms with Crippen molar-refractivity contribution in [2.75, 3.05) is 19.5 Å². The van der Waals surface area contributed by atoms with Crippen molar-refractivity contribution in [2.24, 2.45) is 5.92 Å². The Morgan fingerprint density at radius 1 is 1.04 bits per heavy atom. The van der Waals surface area contributed by atoms with E-state index in [0.29, 0.717) is 33.8 Å². The van der Waals surface area contributed by atoms with Gasteiger partial charge >= 0.3 is 5.97 Å². The van der Waals surface area contributed by atoms with E-state index in [-0.39, 0.29) is 23.5 Å². The maximum atomic E-state index is 15.2. The molecule has 12 heteroatoms.